The molecule has 1 aromatic carbocycles. The molecule has 27 heavy (non-hydrogen) atoms. The van der Waals surface area contributed by atoms with Gasteiger partial charge in [-0.3, -0.25) is 9.48 Å². The van der Waals surface area contributed by atoms with Gasteiger partial charge in [0.05, 0.1) is 23.5 Å². The van der Waals surface area contributed by atoms with Crippen LogP contribution in [0.5, 0.6) is 0 Å². The summed E-state index contributed by atoms with van der Waals surface area (Å²) >= 11 is 6.11. The Labute approximate surface area is 160 Å². The highest BCUT2D eigenvalue weighted by molar-refractivity contribution is 6.34. The van der Waals surface area contributed by atoms with E-state index in [-0.39, 0.29) is 28.7 Å². The molecule has 0 saturated heterocycles. The van der Waals surface area contributed by atoms with Crippen molar-refractivity contribution in [1.29, 1.82) is 0 Å². The van der Waals surface area contributed by atoms with Crippen molar-refractivity contribution in [3.05, 3.63) is 59.0 Å². The highest BCUT2D eigenvalue weighted by Crippen LogP contribution is 2.23. The summed E-state index contributed by atoms with van der Waals surface area (Å²) in [6.07, 6.45) is 2.92. The molecule has 0 aliphatic heterocycles. The summed E-state index contributed by atoms with van der Waals surface area (Å²) < 4.78 is 8.07. The zero-order chi connectivity index (χ0) is 19.4. The lowest BCUT2D eigenvalue weighted by Crippen LogP contribution is -2.19. The van der Waals surface area contributed by atoms with Crippen molar-refractivity contribution in [3.8, 4) is 5.69 Å². The van der Waals surface area contributed by atoms with Crippen molar-refractivity contribution in [1.82, 2.24) is 19.6 Å². The second kappa shape index (κ2) is 8.05. The van der Waals surface area contributed by atoms with Crippen LogP contribution in [0.4, 0.5) is 5.82 Å². The molecular weight excluding hydrogens is 370 g/mol. The minimum absolute atomic E-state index is 0.0640. The topological polar surface area (TPSA) is 91.0 Å². The van der Waals surface area contributed by atoms with Gasteiger partial charge in [-0.25, -0.2) is 9.48 Å². The SMILES string of the molecule is CCOC(=O)c1cnn(-c2ccccc2)c1NC(=O)c1nn(CC)cc1Cl. The minimum Gasteiger partial charge on any atom is -0.462 e. The van der Waals surface area contributed by atoms with Gasteiger partial charge in [0.15, 0.2) is 11.5 Å². The number of carbonyl (C=O) groups excluding carboxylic acids is 2. The van der Waals surface area contributed by atoms with Crippen LogP contribution < -0.4 is 5.32 Å². The molecule has 2 heterocycles. The zero-order valence-corrected chi connectivity index (χ0v) is 15.6. The normalized spacial score (nSPS) is 10.6. The van der Waals surface area contributed by atoms with E-state index in [0.29, 0.717) is 12.2 Å². The van der Waals surface area contributed by atoms with Gasteiger partial charge in [-0.05, 0) is 26.0 Å². The van der Waals surface area contributed by atoms with E-state index in [0.717, 1.165) is 0 Å². The first-order valence-electron chi connectivity index (χ1n) is 8.40. The monoisotopic (exact) mass is 387 g/mol. The molecule has 0 fully saturated rings. The lowest BCUT2D eigenvalue weighted by atomic mass is 10.3. The van der Waals surface area contributed by atoms with Crippen LogP contribution in [0.3, 0.4) is 0 Å². The second-order valence-electron chi connectivity index (χ2n) is 5.51. The lowest BCUT2D eigenvalue weighted by molar-refractivity contribution is 0.0527. The molecule has 3 aromatic rings. The van der Waals surface area contributed by atoms with Crippen molar-refractivity contribution >= 4 is 29.3 Å². The fourth-order valence-electron chi connectivity index (χ4n) is 2.47. The second-order valence-corrected chi connectivity index (χ2v) is 5.92. The Balaban J connectivity index is 2.01. The van der Waals surface area contributed by atoms with Crippen molar-refractivity contribution in [2.45, 2.75) is 20.4 Å². The highest BCUT2D eigenvalue weighted by Gasteiger charge is 2.24. The van der Waals surface area contributed by atoms with Crippen molar-refractivity contribution in [3.63, 3.8) is 0 Å². The Morgan fingerprint density at radius 1 is 1.22 bits per heavy atom. The number of benzene rings is 1. The Hall–Kier alpha value is -3.13. The number of para-hydroxylation sites is 1. The third kappa shape index (κ3) is 3.85. The first-order valence-corrected chi connectivity index (χ1v) is 8.77. The summed E-state index contributed by atoms with van der Waals surface area (Å²) in [7, 11) is 0. The van der Waals surface area contributed by atoms with Crippen molar-refractivity contribution < 1.29 is 14.3 Å². The van der Waals surface area contributed by atoms with Crippen LogP contribution in [0.1, 0.15) is 34.7 Å². The van der Waals surface area contributed by atoms with E-state index in [1.165, 1.54) is 10.9 Å². The Kier molecular flexibility index (Phi) is 5.56. The van der Waals surface area contributed by atoms with Gasteiger partial charge in [0, 0.05) is 12.7 Å². The molecule has 9 heteroatoms. The van der Waals surface area contributed by atoms with Crippen molar-refractivity contribution in [2.24, 2.45) is 0 Å². The quantitative estimate of drug-likeness (QED) is 0.656. The van der Waals surface area contributed by atoms with E-state index < -0.39 is 11.9 Å². The summed E-state index contributed by atoms with van der Waals surface area (Å²) in [4.78, 5) is 25.0. The van der Waals surface area contributed by atoms with Crippen LogP contribution in [-0.2, 0) is 11.3 Å². The number of amides is 1. The summed E-state index contributed by atoms with van der Waals surface area (Å²) in [6, 6.07) is 9.11. The number of esters is 1. The third-order valence-corrected chi connectivity index (χ3v) is 4.03. The summed E-state index contributed by atoms with van der Waals surface area (Å²) in [5, 5.41) is 11.3. The number of halogens is 1. The summed E-state index contributed by atoms with van der Waals surface area (Å²) in [5.41, 5.74) is 0.878. The number of aryl methyl sites for hydroxylation is 1. The number of aromatic nitrogens is 4. The van der Waals surface area contributed by atoms with E-state index in [1.54, 1.807) is 29.9 Å². The first-order chi connectivity index (χ1) is 13.0. The highest BCUT2D eigenvalue weighted by atomic mass is 35.5. The molecule has 8 nitrogen and oxygen atoms in total. The maximum absolute atomic E-state index is 12.7. The number of rotatable bonds is 6. The van der Waals surface area contributed by atoms with Crippen molar-refractivity contribution in [2.75, 3.05) is 11.9 Å². The molecule has 0 radical (unpaired) electrons. The van der Waals surface area contributed by atoms with Crippen LogP contribution in [0.2, 0.25) is 5.02 Å². The lowest BCUT2D eigenvalue weighted by Gasteiger charge is -2.10. The predicted octanol–water partition coefficient (Wildman–Crippen LogP) is 3.17. The molecule has 0 saturated carbocycles. The molecule has 2 aromatic heterocycles. The fourth-order valence-corrected chi connectivity index (χ4v) is 2.71. The van der Waals surface area contributed by atoms with Gasteiger partial charge in [-0.1, -0.05) is 29.8 Å². The van der Waals surface area contributed by atoms with E-state index in [9.17, 15) is 9.59 Å². The van der Waals surface area contributed by atoms with E-state index in [2.05, 4.69) is 15.5 Å². The van der Waals surface area contributed by atoms with E-state index in [4.69, 9.17) is 16.3 Å². The average molecular weight is 388 g/mol. The molecule has 3 rings (SSSR count). The van der Waals surface area contributed by atoms with Gasteiger partial charge in [0.2, 0.25) is 0 Å². The molecule has 0 spiro atoms. The van der Waals surface area contributed by atoms with Gasteiger partial charge in [-0.15, -0.1) is 0 Å². The Morgan fingerprint density at radius 2 is 1.96 bits per heavy atom. The molecule has 0 aliphatic carbocycles. The number of carbonyl (C=O) groups is 2. The van der Waals surface area contributed by atoms with Crippen LogP contribution in [0.25, 0.3) is 5.69 Å². The summed E-state index contributed by atoms with van der Waals surface area (Å²) in [5.74, 6) is -0.942. The zero-order valence-electron chi connectivity index (χ0n) is 14.8. The largest absolute Gasteiger partial charge is 0.462 e. The van der Waals surface area contributed by atoms with Gasteiger partial charge >= 0.3 is 5.97 Å². The number of hydrogen-bond acceptors (Lipinski definition) is 5. The number of nitrogens with one attached hydrogen (secondary N) is 1. The van der Waals surface area contributed by atoms with Crippen LogP contribution in [0, 0.1) is 0 Å². The number of nitrogens with zero attached hydrogens (tertiary/aromatic N) is 4. The molecule has 140 valence electrons. The standard InChI is InChI=1S/C18H18ClN5O3/c1-3-23-11-14(19)15(22-23)17(25)21-16-13(18(26)27-4-2)10-20-24(16)12-8-6-5-7-9-12/h5-11H,3-4H2,1-2H3,(H,21,25). The molecule has 0 unspecified atom stereocenters. The minimum atomic E-state index is -0.583. The maximum atomic E-state index is 12.7. The molecular formula is C18H18ClN5O3. The van der Waals surface area contributed by atoms with E-state index >= 15 is 0 Å². The Morgan fingerprint density at radius 3 is 2.59 bits per heavy atom. The van der Waals surface area contributed by atoms with Gasteiger partial charge in [-0.2, -0.15) is 10.2 Å². The number of anilines is 1. The maximum Gasteiger partial charge on any atom is 0.343 e. The van der Waals surface area contributed by atoms with Crippen LogP contribution in [-0.4, -0.2) is 38.0 Å². The van der Waals surface area contributed by atoms with E-state index in [1.807, 2.05) is 25.1 Å². The molecule has 0 bridgehead atoms. The van der Waals surface area contributed by atoms with Crippen LogP contribution in [0.15, 0.2) is 42.7 Å². The smallest absolute Gasteiger partial charge is 0.343 e. The Bertz CT molecular complexity index is 965. The van der Waals surface area contributed by atoms with Gasteiger partial charge < -0.3 is 10.1 Å². The van der Waals surface area contributed by atoms with Crippen LogP contribution >= 0.6 is 11.6 Å². The first kappa shape index (κ1) is 18.7. The number of ether oxygens (including phenoxy) is 1. The molecule has 1 N–H and O–H groups in total. The molecule has 0 atom stereocenters. The fraction of sp³-hybridized carbons (Fsp3) is 0.222. The predicted molar refractivity (Wildman–Crippen MR) is 100 cm³/mol. The molecule has 1 amide bonds. The summed E-state index contributed by atoms with van der Waals surface area (Å²) in [6.45, 7) is 4.36. The third-order valence-electron chi connectivity index (χ3n) is 3.75. The van der Waals surface area contributed by atoms with Gasteiger partial charge in [0.1, 0.15) is 5.56 Å². The van der Waals surface area contributed by atoms with Gasteiger partial charge in [0.25, 0.3) is 5.91 Å². The number of hydrogen-bond donors (Lipinski definition) is 1. The average Bonchev–Trinajstić information content (AvgIpc) is 3.26. The molecule has 0 aliphatic rings.